The molecule has 0 aromatic heterocycles. The van der Waals surface area contributed by atoms with E-state index in [0.717, 1.165) is 12.8 Å². The monoisotopic (exact) mass is 269 g/mol. The Morgan fingerprint density at radius 2 is 1.90 bits per heavy atom. The molecule has 20 heavy (non-hydrogen) atoms. The van der Waals surface area contributed by atoms with Gasteiger partial charge in [0.15, 0.2) is 0 Å². The van der Waals surface area contributed by atoms with Crippen molar-refractivity contribution in [3.8, 4) is 6.07 Å². The fourth-order valence-corrected chi connectivity index (χ4v) is 1.96. The maximum atomic E-state index is 13.5. The van der Waals surface area contributed by atoms with E-state index in [-0.39, 0.29) is 12.4 Å². The van der Waals surface area contributed by atoms with Crippen LogP contribution >= 0.6 is 0 Å². The van der Waals surface area contributed by atoms with Crippen LogP contribution in [0.1, 0.15) is 23.1 Å². The highest BCUT2D eigenvalue weighted by Gasteiger charge is 2.03. The van der Waals surface area contributed by atoms with Gasteiger partial charge in [-0.05, 0) is 36.6 Å². The lowest BCUT2D eigenvalue weighted by Crippen LogP contribution is -2.00. The molecule has 2 aromatic rings. The predicted octanol–water partition coefficient (Wildman–Crippen LogP) is 3.85. The number of ether oxygens (including phenoxy) is 1. The summed E-state index contributed by atoms with van der Waals surface area (Å²) in [4.78, 5) is 0. The lowest BCUT2D eigenvalue weighted by atomic mass is 10.1. The molecule has 0 aliphatic heterocycles. The molecular formula is C17H16FNO. The first-order valence-corrected chi connectivity index (χ1v) is 6.60. The molecule has 2 nitrogen and oxygen atoms in total. The number of benzene rings is 2. The van der Waals surface area contributed by atoms with Gasteiger partial charge < -0.3 is 4.74 Å². The minimum absolute atomic E-state index is 0.205. The van der Waals surface area contributed by atoms with Crippen LogP contribution in [0.2, 0.25) is 0 Å². The van der Waals surface area contributed by atoms with E-state index in [9.17, 15) is 4.39 Å². The maximum Gasteiger partial charge on any atom is 0.128 e. The van der Waals surface area contributed by atoms with E-state index in [1.807, 2.05) is 24.3 Å². The molecule has 3 heteroatoms. The number of nitrogens with zero attached hydrogens (tertiary/aromatic N) is 1. The Hall–Kier alpha value is -2.18. The van der Waals surface area contributed by atoms with Crippen LogP contribution in [-0.4, -0.2) is 6.61 Å². The molecule has 0 spiro atoms. The van der Waals surface area contributed by atoms with Crippen molar-refractivity contribution in [2.45, 2.75) is 19.4 Å². The van der Waals surface area contributed by atoms with Crippen LogP contribution in [-0.2, 0) is 17.8 Å². The zero-order valence-electron chi connectivity index (χ0n) is 11.2. The molecule has 2 aromatic carbocycles. The second kappa shape index (κ2) is 7.42. The average Bonchev–Trinajstić information content (AvgIpc) is 2.50. The summed E-state index contributed by atoms with van der Waals surface area (Å²) in [5, 5.41) is 8.78. The molecule has 0 amide bonds. The van der Waals surface area contributed by atoms with Crippen molar-refractivity contribution >= 4 is 0 Å². The number of aryl methyl sites for hydroxylation is 1. The van der Waals surface area contributed by atoms with E-state index in [1.54, 1.807) is 0 Å². The van der Waals surface area contributed by atoms with E-state index in [1.165, 1.54) is 23.8 Å². The molecule has 0 saturated carbocycles. The highest BCUT2D eigenvalue weighted by atomic mass is 19.1. The summed E-state index contributed by atoms with van der Waals surface area (Å²) in [6.07, 6.45) is 1.84. The van der Waals surface area contributed by atoms with E-state index in [0.29, 0.717) is 17.7 Å². The van der Waals surface area contributed by atoms with Gasteiger partial charge in [0, 0.05) is 12.2 Å². The Morgan fingerprint density at radius 1 is 1.10 bits per heavy atom. The zero-order valence-corrected chi connectivity index (χ0v) is 11.2. The molecule has 0 aliphatic carbocycles. The van der Waals surface area contributed by atoms with Crippen molar-refractivity contribution in [1.82, 2.24) is 0 Å². The van der Waals surface area contributed by atoms with Gasteiger partial charge in [0.2, 0.25) is 0 Å². The first kappa shape index (κ1) is 14.2. The van der Waals surface area contributed by atoms with E-state index < -0.39 is 0 Å². The summed E-state index contributed by atoms with van der Waals surface area (Å²) in [5.41, 5.74) is 2.16. The van der Waals surface area contributed by atoms with Gasteiger partial charge in [0.25, 0.3) is 0 Å². The Labute approximate surface area is 118 Å². The molecule has 0 heterocycles. The highest BCUT2D eigenvalue weighted by Crippen LogP contribution is 2.11. The standard InChI is InChI=1S/C17H16FNO/c18-17-9-8-15(12-19)11-16(17)13-20-10-4-7-14-5-2-1-3-6-14/h1-3,5-6,8-9,11H,4,7,10,13H2. The Morgan fingerprint density at radius 3 is 2.65 bits per heavy atom. The second-order valence-corrected chi connectivity index (χ2v) is 4.56. The van der Waals surface area contributed by atoms with Crippen molar-refractivity contribution in [3.63, 3.8) is 0 Å². The summed E-state index contributed by atoms with van der Waals surface area (Å²) in [7, 11) is 0. The number of rotatable bonds is 6. The lowest BCUT2D eigenvalue weighted by molar-refractivity contribution is 0.116. The van der Waals surface area contributed by atoms with Gasteiger partial charge in [0.05, 0.1) is 18.2 Å². The minimum atomic E-state index is -0.327. The van der Waals surface area contributed by atoms with E-state index in [4.69, 9.17) is 10.00 Å². The topological polar surface area (TPSA) is 33.0 Å². The molecular weight excluding hydrogens is 253 g/mol. The third-order valence-electron chi connectivity index (χ3n) is 3.03. The first-order valence-electron chi connectivity index (χ1n) is 6.60. The summed E-state index contributed by atoms with van der Waals surface area (Å²) in [6.45, 7) is 0.779. The third-order valence-corrected chi connectivity index (χ3v) is 3.03. The van der Waals surface area contributed by atoms with Gasteiger partial charge in [-0.15, -0.1) is 0 Å². The van der Waals surface area contributed by atoms with Gasteiger partial charge in [-0.25, -0.2) is 4.39 Å². The lowest BCUT2D eigenvalue weighted by Gasteiger charge is -2.06. The van der Waals surface area contributed by atoms with E-state index >= 15 is 0 Å². The van der Waals surface area contributed by atoms with Crippen LogP contribution < -0.4 is 0 Å². The maximum absolute atomic E-state index is 13.5. The van der Waals surface area contributed by atoms with Gasteiger partial charge in [0.1, 0.15) is 5.82 Å². The first-order chi connectivity index (χ1) is 9.79. The second-order valence-electron chi connectivity index (χ2n) is 4.56. The van der Waals surface area contributed by atoms with Crippen LogP contribution in [0.3, 0.4) is 0 Å². The fourth-order valence-electron chi connectivity index (χ4n) is 1.96. The quantitative estimate of drug-likeness (QED) is 0.746. The van der Waals surface area contributed by atoms with Crippen molar-refractivity contribution in [1.29, 1.82) is 5.26 Å². The van der Waals surface area contributed by atoms with Crippen LogP contribution in [0.15, 0.2) is 48.5 Å². The minimum Gasteiger partial charge on any atom is -0.377 e. The van der Waals surface area contributed by atoms with Crippen LogP contribution in [0.5, 0.6) is 0 Å². The zero-order chi connectivity index (χ0) is 14.2. The molecule has 0 atom stereocenters. The Balaban J connectivity index is 1.75. The largest absolute Gasteiger partial charge is 0.377 e. The molecule has 0 radical (unpaired) electrons. The fraction of sp³-hybridized carbons (Fsp3) is 0.235. The smallest absolute Gasteiger partial charge is 0.128 e. The molecule has 0 aliphatic rings. The number of halogens is 1. The SMILES string of the molecule is N#Cc1ccc(F)c(COCCCc2ccccc2)c1. The molecule has 0 N–H and O–H groups in total. The van der Waals surface area contributed by atoms with Crippen molar-refractivity contribution in [2.75, 3.05) is 6.61 Å². The highest BCUT2D eigenvalue weighted by molar-refractivity contribution is 5.33. The third kappa shape index (κ3) is 4.18. The van der Waals surface area contributed by atoms with Gasteiger partial charge in [-0.3, -0.25) is 0 Å². The molecule has 0 fully saturated rings. The summed E-state index contributed by atoms with van der Waals surface area (Å²) in [6, 6.07) is 16.5. The van der Waals surface area contributed by atoms with Gasteiger partial charge >= 0.3 is 0 Å². The summed E-state index contributed by atoms with van der Waals surface area (Å²) in [5.74, 6) is -0.327. The average molecular weight is 269 g/mol. The molecule has 2 rings (SSSR count). The number of hydrogen-bond acceptors (Lipinski definition) is 2. The van der Waals surface area contributed by atoms with Gasteiger partial charge in [-0.2, -0.15) is 5.26 Å². The molecule has 102 valence electrons. The van der Waals surface area contributed by atoms with Gasteiger partial charge in [-0.1, -0.05) is 30.3 Å². The molecule has 0 saturated heterocycles. The predicted molar refractivity (Wildman–Crippen MR) is 75.5 cm³/mol. The van der Waals surface area contributed by atoms with Crippen molar-refractivity contribution in [2.24, 2.45) is 0 Å². The van der Waals surface area contributed by atoms with Crippen LogP contribution in [0, 0.1) is 17.1 Å². The summed E-state index contributed by atoms with van der Waals surface area (Å²) >= 11 is 0. The number of nitriles is 1. The van der Waals surface area contributed by atoms with Crippen LogP contribution in [0.4, 0.5) is 4.39 Å². The Kier molecular flexibility index (Phi) is 5.28. The normalized spacial score (nSPS) is 10.2. The Bertz CT molecular complexity index is 590. The van der Waals surface area contributed by atoms with Crippen LogP contribution in [0.25, 0.3) is 0 Å². The van der Waals surface area contributed by atoms with Crippen molar-refractivity contribution < 1.29 is 9.13 Å². The molecule has 0 unspecified atom stereocenters. The summed E-state index contributed by atoms with van der Waals surface area (Å²) < 4.78 is 19.0. The van der Waals surface area contributed by atoms with Crippen molar-refractivity contribution in [3.05, 3.63) is 71.0 Å². The molecule has 0 bridgehead atoms. The van der Waals surface area contributed by atoms with E-state index in [2.05, 4.69) is 12.1 Å². The number of hydrogen-bond donors (Lipinski definition) is 0.